The highest BCUT2D eigenvalue weighted by Crippen LogP contribution is 2.13. The fourth-order valence-electron chi connectivity index (χ4n) is 2.45. The van der Waals surface area contributed by atoms with Crippen LogP contribution < -0.4 is 10.6 Å². The average Bonchev–Trinajstić information content (AvgIpc) is 2.73. The lowest BCUT2D eigenvalue weighted by Crippen LogP contribution is -2.32. The van der Waals surface area contributed by atoms with E-state index >= 15 is 0 Å². The van der Waals surface area contributed by atoms with E-state index in [9.17, 15) is 4.79 Å². The zero-order valence-electron chi connectivity index (χ0n) is 12.2. The minimum Gasteiger partial charge on any atom is -0.356 e. The highest BCUT2D eigenvalue weighted by molar-refractivity contribution is 5.85. The van der Waals surface area contributed by atoms with Crippen LogP contribution in [0.15, 0.2) is 24.4 Å². The van der Waals surface area contributed by atoms with Crippen LogP contribution in [0, 0.1) is 5.92 Å². The number of pyridine rings is 1. The molecule has 120 valence electrons. The topological polar surface area (TPSA) is 54.0 Å². The predicted molar refractivity (Wildman–Crippen MR) is 90.3 cm³/mol. The Morgan fingerprint density at radius 2 is 2.14 bits per heavy atom. The number of hydrogen-bond acceptors (Lipinski definition) is 3. The molecule has 1 aliphatic heterocycles. The summed E-state index contributed by atoms with van der Waals surface area (Å²) in [5.41, 5.74) is 1.09. The van der Waals surface area contributed by atoms with Crippen LogP contribution in [-0.2, 0) is 11.2 Å². The van der Waals surface area contributed by atoms with Gasteiger partial charge in [-0.1, -0.05) is 6.07 Å². The molecule has 1 aliphatic rings. The van der Waals surface area contributed by atoms with Crippen LogP contribution in [0.25, 0.3) is 0 Å². The van der Waals surface area contributed by atoms with Crippen LogP contribution in [0.5, 0.6) is 0 Å². The van der Waals surface area contributed by atoms with Crippen LogP contribution in [0.4, 0.5) is 0 Å². The first-order chi connectivity index (χ1) is 9.36. The van der Waals surface area contributed by atoms with E-state index in [1.54, 1.807) is 0 Å². The van der Waals surface area contributed by atoms with Crippen molar-refractivity contribution in [2.24, 2.45) is 5.92 Å². The molecule has 1 aromatic heterocycles. The maximum Gasteiger partial charge on any atom is 0.223 e. The second-order valence-corrected chi connectivity index (χ2v) is 5.09. The summed E-state index contributed by atoms with van der Waals surface area (Å²) in [5.74, 6) is 0.426. The molecule has 2 rings (SSSR count). The quantitative estimate of drug-likeness (QED) is 0.813. The number of aryl methyl sites for hydroxylation is 1. The minimum absolute atomic E-state index is 0. The second kappa shape index (κ2) is 11.8. The average molecular weight is 334 g/mol. The van der Waals surface area contributed by atoms with E-state index in [2.05, 4.69) is 15.6 Å². The Bertz CT molecular complexity index is 382. The highest BCUT2D eigenvalue weighted by atomic mass is 35.5. The van der Waals surface area contributed by atoms with E-state index in [0.717, 1.165) is 57.4 Å². The van der Waals surface area contributed by atoms with E-state index < -0.39 is 0 Å². The van der Waals surface area contributed by atoms with Gasteiger partial charge in [-0.15, -0.1) is 24.8 Å². The molecule has 1 saturated heterocycles. The van der Waals surface area contributed by atoms with Crippen LogP contribution in [0.1, 0.15) is 31.4 Å². The number of halogens is 2. The number of amides is 1. The number of nitrogens with one attached hydrogen (secondary N) is 2. The zero-order chi connectivity index (χ0) is 13.3. The van der Waals surface area contributed by atoms with Crippen molar-refractivity contribution in [1.82, 2.24) is 15.6 Å². The summed E-state index contributed by atoms with van der Waals surface area (Å²) in [6.45, 7) is 2.76. The molecule has 4 nitrogen and oxygen atoms in total. The lowest BCUT2D eigenvalue weighted by atomic mass is 10.00. The molecule has 0 radical (unpaired) electrons. The molecule has 1 amide bonds. The Morgan fingerprint density at radius 3 is 2.90 bits per heavy atom. The molecule has 1 aromatic rings. The van der Waals surface area contributed by atoms with Gasteiger partial charge in [0.15, 0.2) is 0 Å². The van der Waals surface area contributed by atoms with Crippen molar-refractivity contribution in [3.05, 3.63) is 30.1 Å². The summed E-state index contributed by atoms with van der Waals surface area (Å²) in [6, 6.07) is 5.95. The van der Waals surface area contributed by atoms with Crippen molar-refractivity contribution in [3.8, 4) is 0 Å². The van der Waals surface area contributed by atoms with Gasteiger partial charge in [-0.3, -0.25) is 9.78 Å². The molecule has 1 unspecified atom stereocenters. The standard InChI is InChI=1S/C15H23N3O.2ClH/c19-15(13-5-3-9-16-12-8-13)18-11-4-7-14-6-1-2-10-17-14;;/h1-2,6,10,13,16H,3-5,7-9,11-12H2,(H,18,19);2*1H. The van der Waals surface area contributed by atoms with E-state index in [1.165, 1.54) is 0 Å². The van der Waals surface area contributed by atoms with Crippen molar-refractivity contribution in [2.45, 2.75) is 32.1 Å². The third-order valence-electron chi connectivity index (χ3n) is 3.58. The molecule has 2 N–H and O–H groups in total. The van der Waals surface area contributed by atoms with Crippen molar-refractivity contribution in [1.29, 1.82) is 0 Å². The van der Waals surface area contributed by atoms with Crippen molar-refractivity contribution < 1.29 is 4.79 Å². The molecule has 0 aliphatic carbocycles. The summed E-state index contributed by atoms with van der Waals surface area (Å²) in [5, 5.41) is 6.39. The number of nitrogens with zero attached hydrogens (tertiary/aromatic N) is 1. The lowest BCUT2D eigenvalue weighted by molar-refractivity contribution is -0.125. The molecule has 0 saturated carbocycles. The summed E-state index contributed by atoms with van der Waals surface area (Å²) in [7, 11) is 0. The van der Waals surface area contributed by atoms with Gasteiger partial charge < -0.3 is 10.6 Å². The van der Waals surface area contributed by atoms with Gasteiger partial charge in [-0.25, -0.2) is 0 Å². The normalized spacial score (nSPS) is 17.8. The SMILES string of the molecule is Cl.Cl.O=C(NCCCc1ccccn1)C1CCCNCC1. The minimum atomic E-state index is 0. The smallest absolute Gasteiger partial charge is 0.223 e. The van der Waals surface area contributed by atoms with Gasteiger partial charge >= 0.3 is 0 Å². The van der Waals surface area contributed by atoms with Gasteiger partial charge in [0, 0.05) is 24.4 Å². The largest absolute Gasteiger partial charge is 0.356 e. The van der Waals surface area contributed by atoms with Gasteiger partial charge in [-0.05, 0) is 57.3 Å². The maximum atomic E-state index is 12.0. The van der Waals surface area contributed by atoms with E-state index in [4.69, 9.17) is 0 Å². The van der Waals surface area contributed by atoms with Gasteiger partial charge in [0.2, 0.25) is 5.91 Å². The van der Waals surface area contributed by atoms with Crippen LogP contribution in [0.3, 0.4) is 0 Å². The van der Waals surface area contributed by atoms with Gasteiger partial charge in [0.1, 0.15) is 0 Å². The molecule has 2 heterocycles. The molecular weight excluding hydrogens is 309 g/mol. The van der Waals surface area contributed by atoms with Crippen molar-refractivity contribution >= 4 is 30.7 Å². The first-order valence-electron chi connectivity index (χ1n) is 7.24. The van der Waals surface area contributed by atoms with E-state index in [1.807, 2.05) is 24.4 Å². The molecule has 21 heavy (non-hydrogen) atoms. The molecule has 1 atom stereocenters. The lowest BCUT2D eigenvalue weighted by Gasteiger charge is -2.13. The first-order valence-corrected chi connectivity index (χ1v) is 7.24. The molecule has 0 bridgehead atoms. The Morgan fingerprint density at radius 1 is 1.29 bits per heavy atom. The van der Waals surface area contributed by atoms with Gasteiger partial charge in [-0.2, -0.15) is 0 Å². The number of carbonyl (C=O) groups is 1. The monoisotopic (exact) mass is 333 g/mol. The van der Waals surface area contributed by atoms with Crippen LogP contribution in [0.2, 0.25) is 0 Å². The number of aromatic nitrogens is 1. The number of hydrogen-bond donors (Lipinski definition) is 2. The van der Waals surface area contributed by atoms with Crippen molar-refractivity contribution in [2.75, 3.05) is 19.6 Å². The second-order valence-electron chi connectivity index (χ2n) is 5.09. The third kappa shape index (κ3) is 7.65. The predicted octanol–water partition coefficient (Wildman–Crippen LogP) is 2.36. The Labute approximate surface area is 139 Å². The highest BCUT2D eigenvalue weighted by Gasteiger charge is 2.18. The summed E-state index contributed by atoms with van der Waals surface area (Å²) in [6.07, 6.45) is 6.77. The Balaban J connectivity index is 0.00000200. The third-order valence-corrected chi connectivity index (χ3v) is 3.58. The Hall–Kier alpha value is -0.840. The molecule has 6 heteroatoms. The number of carbonyl (C=O) groups excluding carboxylic acids is 1. The molecule has 0 aromatic carbocycles. The van der Waals surface area contributed by atoms with Gasteiger partial charge in [0.25, 0.3) is 0 Å². The van der Waals surface area contributed by atoms with Crippen LogP contribution in [-0.4, -0.2) is 30.5 Å². The van der Waals surface area contributed by atoms with Crippen LogP contribution >= 0.6 is 24.8 Å². The molecule has 0 spiro atoms. The van der Waals surface area contributed by atoms with E-state index in [0.29, 0.717) is 0 Å². The summed E-state index contributed by atoms with van der Waals surface area (Å²) in [4.78, 5) is 16.3. The maximum absolute atomic E-state index is 12.0. The molecule has 1 fully saturated rings. The zero-order valence-corrected chi connectivity index (χ0v) is 13.8. The summed E-state index contributed by atoms with van der Waals surface area (Å²) >= 11 is 0. The van der Waals surface area contributed by atoms with Gasteiger partial charge in [0.05, 0.1) is 0 Å². The molecular formula is C15H25Cl2N3O. The first kappa shape index (κ1) is 20.2. The van der Waals surface area contributed by atoms with E-state index in [-0.39, 0.29) is 36.6 Å². The van der Waals surface area contributed by atoms with Crippen molar-refractivity contribution in [3.63, 3.8) is 0 Å². The fraction of sp³-hybridized carbons (Fsp3) is 0.600. The Kier molecular flexibility index (Phi) is 11.3. The fourth-order valence-corrected chi connectivity index (χ4v) is 2.45. The summed E-state index contributed by atoms with van der Waals surface area (Å²) < 4.78 is 0. The number of rotatable bonds is 5.